The molecule has 0 unspecified atom stereocenters. The highest BCUT2D eigenvalue weighted by Crippen LogP contribution is 2.23. The molecule has 1 amide bonds. The number of thiophene rings is 2. The van der Waals surface area contributed by atoms with Crippen LogP contribution in [0.1, 0.15) is 22.5 Å². The van der Waals surface area contributed by atoms with Gasteiger partial charge in [-0.15, -0.1) is 32.9 Å². The van der Waals surface area contributed by atoms with Crippen LogP contribution in [0.4, 0.5) is 0 Å². The summed E-state index contributed by atoms with van der Waals surface area (Å²) in [7, 11) is 1.95. The molecule has 1 atom stereocenters. The van der Waals surface area contributed by atoms with Gasteiger partial charge in [0.2, 0.25) is 5.91 Å². The van der Waals surface area contributed by atoms with Crippen LogP contribution in [0.3, 0.4) is 0 Å². The zero-order chi connectivity index (χ0) is 16.9. The number of nitrogens with one attached hydrogen (secondary N) is 1. The van der Waals surface area contributed by atoms with Crippen LogP contribution in [0.5, 0.6) is 0 Å². The number of nitrogens with zero attached hydrogens (tertiary/aromatic N) is 3. The van der Waals surface area contributed by atoms with E-state index < -0.39 is 0 Å². The Kier molecular flexibility index (Phi) is 5.70. The molecule has 3 heterocycles. The van der Waals surface area contributed by atoms with Crippen LogP contribution in [0.2, 0.25) is 0 Å². The summed E-state index contributed by atoms with van der Waals surface area (Å²) in [6.45, 7) is 2.46. The monoisotopic (exact) mass is 378 g/mol. The SMILES string of the molecule is C[C@H](Sc1nnc(Cc2cccs2)n1C)C(=O)NCc1cccs1. The van der Waals surface area contributed by atoms with Gasteiger partial charge in [-0.1, -0.05) is 23.9 Å². The second-order valence-corrected chi connectivity index (χ2v) is 8.64. The van der Waals surface area contributed by atoms with E-state index in [9.17, 15) is 4.79 Å². The van der Waals surface area contributed by atoms with Crippen molar-refractivity contribution in [3.63, 3.8) is 0 Å². The summed E-state index contributed by atoms with van der Waals surface area (Å²) in [6, 6.07) is 8.13. The van der Waals surface area contributed by atoms with Crippen LogP contribution in [0.15, 0.2) is 40.2 Å². The molecule has 3 aromatic rings. The van der Waals surface area contributed by atoms with E-state index in [1.165, 1.54) is 16.6 Å². The fraction of sp³-hybridized carbons (Fsp3) is 0.312. The lowest BCUT2D eigenvalue weighted by atomic mass is 10.3. The topological polar surface area (TPSA) is 59.8 Å². The molecule has 3 rings (SSSR count). The van der Waals surface area contributed by atoms with E-state index in [1.54, 1.807) is 22.7 Å². The Morgan fingerprint density at radius 2 is 1.96 bits per heavy atom. The van der Waals surface area contributed by atoms with Gasteiger partial charge in [-0.2, -0.15) is 0 Å². The summed E-state index contributed by atoms with van der Waals surface area (Å²) in [5.74, 6) is 0.919. The minimum Gasteiger partial charge on any atom is -0.350 e. The third-order valence-electron chi connectivity index (χ3n) is 3.51. The van der Waals surface area contributed by atoms with Crippen molar-refractivity contribution < 1.29 is 4.79 Å². The van der Waals surface area contributed by atoms with Gasteiger partial charge < -0.3 is 9.88 Å². The highest BCUT2D eigenvalue weighted by atomic mass is 32.2. The second-order valence-electron chi connectivity index (χ2n) is 5.27. The maximum atomic E-state index is 12.2. The van der Waals surface area contributed by atoms with Crippen molar-refractivity contribution in [2.45, 2.75) is 30.3 Å². The average molecular weight is 379 g/mol. The smallest absolute Gasteiger partial charge is 0.233 e. The van der Waals surface area contributed by atoms with Gasteiger partial charge in [0.25, 0.3) is 0 Å². The largest absolute Gasteiger partial charge is 0.350 e. The molecule has 5 nitrogen and oxygen atoms in total. The van der Waals surface area contributed by atoms with E-state index in [2.05, 4.69) is 27.0 Å². The van der Waals surface area contributed by atoms with E-state index in [4.69, 9.17) is 0 Å². The van der Waals surface area contributed by atoms with Crippen molar-refractivity contribution in [2.24, 2.45) is 7.05 Å². The predicted octanol–water partition coefficient (Wildman–Crippen LogP) is 3.33. The van der Waals surface area contributed by atoms with Crippen molar-refractivity contribution in [3.05, 3.63) is 50.6 Å². The van der Waals surface area contributed by atoms with E-state index in [-0.39, 0.29) is 11.2 Å². The first kappa shape index (κ1) is 17.2. The Morgan fingerprint density at radius 1 is 1.25 bits per heavy atom. The van der Waals surface area contributed by atoms with Gasteiger partial charge in [0, 0.05) is 23.2 Å². The fourth-order valence-electron chi connectivity index (χ4n) is 2.11. The summed E-state index contributed by atoms with van der Waals surface area (Å²) in [6.07, 6.45) is 0.765. The Bertz CT molecular complexity index is 780. The van der Waals surface area contributed by atoms with E-state index >= 15 is 0 Å². The van der Waals surface area contributed by atoms with Crippen LogP contribution < -0.4 is 5.32 Å². The number of thioether (sulfide) groups is 1. The molecule has 0 spiro atoms. The first-order chi connectivity index (χ1) is 11.6. The maximum Gasteiger partial charge on any atom is 0.233 e. The molecule has 0 aliphatic carbocycles. The zero-order valence-electron chi connectivity index (χ0n) is 13.4. The summed E-state index contributed by atoms with van der Waals surface area (Å²) in [5.41, 5.74) is 0. The van der Waals surface area contributed by atoms with Crippen LogP contribution in [0.25, 0.3) is 0 Å². The molecule has 24 heavy (non-hydrogen) atoms. The highest BCUT2D eigenvalue weighted by molar-refractivity contribution is 8.00. The number of rotatable bonds is 7. The average Bonchev–Trinajstić information content (AvgIpc) is 3.32. The molecule has 1 N–H and O–H groups in total. The minimum absolute atomic E-state index is 0.0104. The van der Waals surface area contributed by atoms with E-state index in [0.29, 0.717) is 6.54 Å². The molecule has 0 radical (unpaired) electrons. The molecular weight excluding hydrogens is 360 g/mol. The Labute approximate surface area is 153 Å². The van der Waals surface area contributed by atoms with Crippen molar-refractivity contribution in [1.29, 1.82) is 0 Å². The van der Waals surface area contributed by atoms with Crippen molar-refractivity contribution in [1.82, 2.24) is 20.1 Å². The van der Waals surface area contributed by atoms with Gasteiger partial charge in [0.1, 0.15) is 5.82 Å². The summed E-state index contributed by atoms with van der Waals surface area (Å²) >= 11 is 4.78. The minimum atomic E-state index is -0.220. The molecule has 126 valence electrons. The van der Waals surface area contributed by atoms with Gasteiger partial charge in [-0.05, 0) is 29.8 Å². The molecule has 0 aliphatic rings. The third-order valence-corrected chi connectivity index (χ3v) is 6.39. The lowest BCUT2D eigenvalue weighted by Crippen LogP contribution is -2.30. The molecule has 3 aromatic heterocycles. The Balaban J connectivity index is 1.56. The van der Waals surface area contributed by atoms with E-state index in [1.807, 2.05) is 42.1 Å². The van der Waals surface area contributed by atoms with Gasteiger partial charge in [0.05, 0.1) is 11.8 Å². The Morgan fingerprint density at radius 3 is 2.62 bits per heavy atom. The first-order valence-electron chi connectivity index (χ1n) is 7.51. The third kappa shape index (κ3) is 4.25. The lowest BCUT2D eigenvalue weighted by Gasteiger charge is -2.11. The van der Waals surface area contributed by atoms with Crippen LogP contribution in [-0.4, -0.2) is 25.9 Å². The van der Waals surface area contributed by atoms with Gasteiger partial charge in [-0.3, -0.25) is 4.79 Å². The Hall–Kier alpha value is -1.64. The molecule has 0 saturated carbocycles. The standard InChI is InChI=1S/C16H18N4OS3/c1-11(15(21)17-10-13-6-4-8-23-13)24-16-19-18-14(20(16)2)9-12-5-3-7-22-12/h3-8,11H,9-10H2,1-2H3,(H,17,21)/t11-/m0/s1. The molecule has 8 heteroatoms. The summed E-state index contributed by atoms with van der Waals surface area (Å²) in [4.78, 5) is 14.6. The molecule has 0 saturated heterocycles. The molecule has 0 bridgehead atoms. The molecular formula is C16H18N4OS3. The molecule has 0 aliphatic heterocycles. The van der Waals surface area contributed by atoms with Crippen molar-refractivity contribution in [3.8, 4) is 0 Å². The number of hydrogen-bond donors (Lipinski definition) is 1. The number of hydrogen-bond acceptors (Lipinski definition) is 6. The number of amides is 1. The lowest BCUT2D eigenvalue weighted by molar-refractivity contribution is -0.120. The molecule has 0 aromatic carbocycles. The first-order valence-corrected chi connectivity index (χ1v) is 10.1. The maximum absolute atomic E-state index is 12.2. The predicted molar refractivity (Wildman–Crippen MR) is 99.6 cm³/mol. The van der Waals surface area contributed by atoms with Crippen molar-refractivity contribution in [2.75, 3.05) is 0 Å². The number of aromatic nitrogens is 3. The number of carbonyl (C=O) groups excluding carboxylic acids is 1. The van der Waals surface area contributed by atoms with E-state index in [0.717, 1.165) is 22.3 Å². The van der Waals surface area contributed by atoms with Crippen LogP contribution >= 0.6 is 34.4 Å². The fourth-order valence-corrected chi connectivity index (χ4v) is 4.32. The summed E-state index contributed by atoms with van der Waals surface area (Å²) < 4.78 is 1.97. The zero-order valence-corrected chi connectivity index (χ0v) is 15.9. The van der Waals surface area contributed by atoms with Gasteiger partial charge in [0.15, 0.2) is 5.16 Å². The van der Waals surface area contributed by atoms with Crippen LogP contribution in [0, 0.1) is 0 Å². The number of carbonyl (C=O) groups is 1. The highest BCUT2D eigenvalue weighted by Gasteiger charge is 2.19. The van der Waals surface area contributed by atoms with Gasteiger partial charge in [-0.25, -0.2) is 0 Å². The normalized spacial score (nSPS) is 12.2. The van der Waals surface area contributed by atoms with Gasteiger partial charge >= 0.3 is 0 Å². The quantitative estimate of drug-likeness (QED) is 0.641. The summed E-state index contributed by atoms with van der Waals surface area (Å²) in [5, 5.41) is 16.1. The van der Waals surface area contributed by atoms with Crippen molar-refractivity contribution >= 4 is 40.3 Å². The molecule has 0 fully saturated rings. The van der Waals surface area contributed by atoms with Crippen LogP contribution in [-0.2, 0) is 24.8 Å². The second kappa shape index (κ2) is 7.96.